The number of fused-ring (bicyclic) bond motifs is 3. The number of likely N-dealkylation sites (tertiary alicyclic amines) is 1. The Bertz CT molecular complexity index is 955. The van der Waals surface area contributed by atoms with Crippen LogP contribution in [-0.2, 0) is 6.54 Å². The average Bonchev–Trinajstić information content (AvgIpc) is 3.37. The number of hydrogen-bond acceptors (Lipinski definition) is 6. The van der Waals surface area contributed by atoms with Gasteiger partial charge in [-0.1, -0.05) is 12.1 Å². The van der Waals surface area contributed by atoms with Crippen LogP contribution in [0.3, 0.4) is 0 Å². The summed E-state index contributed by atoms with van der Waals surface area (Å²) < 4.78 is 1.92. The third kappa shape index (κ3) is 2.34. The molecule has 5 rings (SSSR count). The van der Waals surface area contributed by atoms with Gasteiger partial charge in [0.1, 0.15) is 6.33 Å². The maximum Gasteiger partial charge on any atom is 0.203 e. The SMILES string of the molecule is N#Cc1ccc(CN2CC3CC2CN3c2nccn3cnnc23)cc1. The van der Waals surface area contributed by atoms with Crippen molar-refractivity contribution in [2.75, 3.05) is 18.0 Å². The van der Waals surface area contributed by atoms with E-state index >= 15 is 0 Å². The molecule has 0 radical (unpaired) electrons. The van der Waals surface area contributed by atoms with Gasteiger partial charge in [-0.25, -0.2) is 4.98 Å². The van der Waals surface area contributed by atoms with Crippen LogP contribution in [0.5, 0.6) is 0 Å². The van der Waals surface area contributed by atoms with Gasteiger partial charge in [-0.2, -0.15) is 5.26 Å². The monoisotopic (exact) mass is 331 g/mol. The highest BCUT2D eigenvalue weighted by Gasteiger charge is 2.44. The van der Waals surface area contributed by atoms with Gasteiger partial charge in [0.05, 0.1) is 11.6 Å². The average molecular weight is 331 g/mol. The van der Waals surface area contributed by atoms with Crippen molar-refractivity contribution in [3.63, 3.8) is 0 Å². The number of nitrogens with zero attached hydrogens (tertiary/aromatic N) is 7. The minimum Gasteiger partial charge on any atom is -0.348 e. The lowest BCUT2D eigenvalue weighted by molar-refractivity contribution is 0.230. The maximum absolute atomic E-state index is 8.91. The predicted molar refractivity (Wildman–Crippen MR) is 91.9 cm³/mol. The first kappa shape index (κ1) is 14.4. The van der Waals surface area contributed by atoms with E-state index in [-0.39, 0.29) is 0 Å². The molecule has 2 aromatic heterocycles. The fraction of sp³-hybridized carbons (Fsp3) is 0.333. The van der Waals surface area contributed by atoms with Gasteiger partial charge in [-0.05, 0) is 24.1 Å². The molecule has 25 heavy (non-hydrogen) atoms. The molecule has 0 spiro atoms. The Morgan fingerprint density at radius 2 is 2.04 bits per heavy atom. The van der Waals surface area contributed by atoms with Crippen molar-refractivity contribution in [1.29, 1.82) is 5.26 Å². The molecule has 7 nitrogen and oxygen atoms in total. The first-order valence-corrected chi connectivity index (χ1v) is 8.46. The molecule has 2 saturated heterocycles. The molecule has 2 atom stereocenters. The van der Waals surface area contributed by atoms with E-state index in [2.05, 4.69) is 43.2 Å². The molecule has 2 bridgehead atoms. The molecule has 1 aromatic carbocycles. The summed E-state index contributed by atoms with van der Waals surface area (Å²) in [4.78, 5) is 9.47. The lowest BCUT2D eigenvalue weighted by Gasteiger charge is -2.34. The molecule has 0 N–H and O–H groups in total. The van der Waals surface area contributed by atoms with Crippen molar-refractivity contribution < 1.29 is 0 Å². The molecule has 7 heteroatoms. The highest BCUT2D eigenvalue weighted by molar-refractivity contribution is 5.64. The normalized spacial score (nSPS) is 22.6. The lowest BCUT2D eigenvalue weighted by atomic mass is 10.1. The summed E-state index contributed by atoms with van der Waals surface area (Å²) in [5, 5.41) is 17.1. The van der Waals surface area contributed by atoms with Crippen LogP contribution < -0.4 is 4.90 Å². The molecular weight excluding hydrogens is 314 g/mol. The fourth-order valence-corrected chi connectivity index (χ4v) is 4.07. The Morgan fingerprint density at radius 1 is 1.16 bits per heavy atom. The number of piperazine rings is 1. The second kappa shape index (κ2) is 5.53. The Hall–Kier alpha value is -2.98. The molecule has 0 saturated carbocycles. The van der Waals surface area contributed by atoms with Gasteiger partial charge in [-0.3, -0.25) is 9.30 Å². The fourth-order valence-electron chi connectivity index (χ4n) is 4.07. The summed E-state index contributed by atoms with van der Waals surface area (Å²) in [6.07, 6.45) is 6.57. The molecule has 0 amide bonds. The first-order valence-electron chi connectivity index (χ1n) is 8.46. The van der Waals surface area contributed by atoms with Gasteiger partial charge in [0.2, 0.25) is 5.65 Å². The third-order valence-corrected chi connectivity index (χ3v) is 5.29. The molecule has 2 aliphatic rings. The zero-order chi connectivity index (χ0) is 16.8. The van der Waals surface area contributed by atoms with Gasteiger partial charge >= 0.3 is 0 Å². The summed E-state index contributed by atoms with van der Waals surface area (Å²) in [7, 11) is 0. The van der Waals surface area contributed by atoms with Crippen LogP contribution in [0.2, 0.25) is 0 Å². The zero-order valence-electron chi connectivity index (χ0n) is 13.7. The summed E-state index contributed by atoms with van der Waals surface area (Å²) in [5.74, 6) is 0.936. The molecule has 4 heterocycles. The Balaban J connectivity index is 1.33. The summed E-state index contributed by atoms with van der Waals surface area (Å²) in [6.45, 7) is 2.94. The largest absolute Gasteiger partial charge is 0.348 e. The highest BCUT2D eigenvalue weighted by atomic mass is 15.4. The summed E-state index contributed by atoms with van der Waals surface area (Å²) in [6, 6.07) is 11.1. The number of benzene rings is 1. The van der Waals surface area contributed by atoms with Crippen LogP contribution in [0.1, 0.15) is 17.5 Å². The van der Waals surface area contributed by atoms with Crippen LogP contribution in [-0.4, -0.2) is 49.7 Å². The molecule has 3 aromatic rings. The first-order chi connectivity index (χ1) is 12.3. The molecule has 2 fully saturated rings. The van der Waals surface area contributed by atoms with Gasteiger partial charge in [0.15, 0.2) is 5.82 Å². The topological polar surface area (TPSA) is 73.4 Å². The number of rotatable bonds is 3. The Labute approximate surface area is 145 Å². The van der Waals surface area contributed by atoms with Crippen molar-refractivity contribution in [2.24, 2.45) is 0 Å². The van der Waals surface area contributed by atoms with Crippen molar-refractivity contribution in [2.45, 2.75) is 25.0 Å². The number of hydrogen-bond donors (Lipinski definition) is 0. The van der Waals surface area contributed by atoms with E-state index in [1.807, 2.05) is 28.9 Å². The summed E-state index contributed by atoms with van der Waals surface area (Å²) in [5.41, 5.74) is 2.80. The number of aromatic nitrogens is 4. The zero-order valence-corrected chi connectivity index (χ0v) is 13.7. The van der Waals surface area contributed by atoms with E-state index in [1.165, 1.54) is 5.56 Å². The minimum atomic E-state index is 0.471. The van der Waals surface area contributed by atoms with E-state index in [4.69, 9.17) is 5.26 Å². The van der Waals surface area contributed by atoms with Crippen LogP contribution in [0.25, 0.3) is 5.65 Å². The van der Waals surface area contributed by atoms with Crippen LogP contribution in [0, 0.1) is 11.3 Å². The van der Waals surface area contributed by atoms with E-state index in [9.17, 15) is 0 Å². The van der Waals surface area contributed by atoms with Crippen molar-refractivity contribution in [3.8, 4) is 6.07 Å². The van der Waals surface area contributed by atoms with E-state index in [0.29, 0.717) is 17.6 Å². The third-order valence-electron chi connectivity index (χ3n) is 5.29. The van der Waals surface area contributed by atoms with Gasteiger partial charge < -0.3 is 4.90 Å². The molecule has 124 valence electrons. The van der Waals surface area contributed by atoms with Gasteiger partial charge in [0.25, 0.3) is 0 Å². The van der Waals surface area contributed by atoms with E-state index in [0.717, 1.165) is 37.5 Å². The molecule has 0 aliphatic carbocycles. The van der Waals surface area contributed by atoms with Crippen LogP contribution in [0.15, 0.2) is 43.0 Å². The van der Waals surface area contributed by atoms with Crippen molar-refractivity contribution in [3.05, 3.63) is 54.1 Å². The molecule has 2 aliphatic heterocycles. The predicted octanol–water partition coefficient (Wildman–Crippen LogP) is 1.46. The Kier molecular flexibility index (Phi) is 3.18. The number of anilines is 1. The van der Waals surface area contributed by atoms with E-state index < -0.39 is 0 Å². The second-order valence-corrected chi connectivity index (χ2v) is 6.75. The summed E-state index contributed by atoms with van der Waals surface area (Å²) >= 11 is 0. The van der Waals surface area contributed by atoms with Gasteiger partial charge in [0, 0.05) is 44.1 Å². The standard InChI is InChI=1S/C18H17N7/c19-8-13-1-3-14(4-2-13)9-24-10-16-7-15(24)11-25(16)17-18-22-21-12-23(18)6-5-20-17/h1-6,12,15-16H,7,9-11H2. The molecule has 2 unspecified atom stereocenters. The van der Waals surface area contributed by atoms with E-state index in [1.54, 1.807) is 6.33 Å². The Morgan fingerprint density at radius 3 is 2.80 bits per heavy atom. The highest BCUT2D eigenvalue weighted by Crippen LogP contribution is 2.35. The van der Waals surface area contributed by atoms with Gasteiger partial charge in [-0.15, -0.1) is 10.2 Å². The minimum absolute atomic E-state index is 0.471. The quantitative estimate of drug-likeness (QED) is 0.723. The second-order valence-electron chi connectivity index (χ2n) is 6.75. The molecular formula is C18H17N7. The smallest absolute Gasteiger partial charge is 0.203 e. The van der Waals surface area contributed by atoms with Crippen molar-refractivity contribution in [1.82, 2.24) is 24.5 Å². The maximum atomic E-state index is 8.91. The lowest BCUT2D eigenvalue weighted by Crippen LogP contribution is -2.46. The van der Waals surface area contributed by atoms with Crippen molar-refractivity contribution >= 4 is 11.5 Å². The van der Waals surface area contributed by atoms with Crippen LogP contribution >= 0.6 is 0 Å². The number of nitriles is 1. The van der Waals surface area contributed by atoms with Crippen LogP contribution in [0.4, 0.5) is 5.82 Å².